The van der Waals surface area contributed by atoms with Crippen molar-refractivity contribution < 1.29 is 5.21 Å². The Kier molecular flexibility index (Phi) is 1.30. The molecule has 2 heteroatoms. The number of hydrogen-bond acceptors (Lipinski definition) is 2. The van der Waals surface area contributed by atoms with Gasteiger partial charge in [0.15, 0.2) is 0 Å². The van der Waals surface area contributed by atoms with Gasteiger partial charge in [0, 0.05) is 12.6 Å². The highest BCUT2D eigenvalue weighted by Gasteiger charge is 2.26. The Morgan fingerprint density at radius 2 is 2.29 bits per heavy atom. The van der Waals surface area contributed by atoms with Crippen molar-refractivity contribution in [1.82, 2.24) is 5.06 Å². The molecule has 0 aromatic heterocycles. The summed E-state index contributed by atoms with van der Waals surface area (Å²) in [4.78, 5) is 0. The molecule has 0 aromatic rings. The smallest absolute Gasteiger partial charge is 0.0351 e. The molecule has 0 radical (unpaired) electrons. The average Bonchev–Trinajstić information content (AvgIpc) is 2.44. The van der Waals surface area contributed by atoms with Crippen LogP contribution in [0.2, 0.25) is 0 Å². The summed E-state index contributed by atoms with van der Waals surface area (Å²) in [5, 5.41) is 10.2. The lowest BCUT2D eigenvalue weighted by Crippen LogP contribution is -2.20. The van der Waals surface area contributed by atoms with Gasteiger partial charge in [-0.05, 0) is 12.8 Å². The minimum Gasteiger partial charge on any atom is -0.314 e. The second kappa shape index (κ2) is 1.80. The molecule has 1 aliphatic carbocycles. The molecule has 1 N–H and O–H groups in total. The van der Waals surface area contributed by atoms with E-state index in [0.717, 1.165) is 6.54 Å². The Bertz CT molecular complexity index is 61.1. The van der Waals surface area contributed by atoms with Gasteiger partial charge in [0.1, 0.15) is 0 Å². The van der Waals surface area contributed by atoms with Gasteiger partial charge in [-0.2, -0.15) is 5.06 Å². The van der Waals surface area contributed by atoms with E-state index in [1.54, 1.807) is 0 Å². The molecule has 0 aliphatic heterocycles. The number of rotatable bonds is 2. The van der Waals surface area contributed by atoms with Gasteiger partial charge in [0.25, 0.3) is 0 Å². The summed E-state index contributed by atoms with van der Waals surface area (Å²) in [5.41, 5.74) is 0. The van der Waals surface area contributed by atoms with Gasteiger partial charge in [-0.15, -0.1) is 0 Å². The maximum atomic E-state index is 8.83. The van der Waals surface area contributed by atoms with Crippen LogP contribution in [-0.4, -0.2) is 22.9 Å². The van der Waals surface area contributed by atoms with Crippen molar-refractivity contribution in [1.29, 1.82) is 0 Å². The molecule has 2 nitrogen and oxygen atoms in total. The highest BCUT2D eigenvalue weighted by atomic mass is 16.5. The molecular formula is C5H11NO. The van der Waals surface area contributed by atoms with Crippen LogP contribution in [0, 0.1) is 0 Å². The summed E-state index contributed by atoms with van der Waals surface area (Å²) < 4.78 is 0. The van der Waals surface area contributed by atoms with Gasteiger partial charge in [-0.25, -0.2) is 0 Å². The molecular weight excluding hydrogens is 90.1 g/mol. The van der Waals surface area contributed by atoms with Gasteiger partial charge >= 0.3 is 0 Å². The summed E-state index contributed by atoms with van der Waals surface area (Å²) in [6.07, 6.45) is 2.37. The van der Waals surface area contributed by atoms with Gasteiger partial charge < -0.3 is 5.21 Å². The van der Waals surface area contributed by atoms with E-state index >= 15 is 0 Å². The number of hydrogen-bond donors (Lipinski definition) is 1. The minimum atomic E-state index is 0.505. The van der Waals surface area contributed by atoms with Crippen molar-refractivity contribution in [3.05, 3.63) is 0 Å². The van der Waals surface area contributed by atoms with E-state index in [1.165, 1.54) is 17.9 Å². The highest BCUT2D eigenvalue weighted by Crippen LogP contribution is 2.24. The number of nitrogens with zero attached hydrogens (tertiary/aromatic N) is 1. The van der Waals surface area contributed by atoms with E-state index in [-0.39, 0.29) is 0 Å². The van der Waals surface area contributed by atoms with Crippen LogP contribution in [0.15, 0.2) is 0 Å². The molecule has 0 unspecified atom stereocenters. The Hall–Kier alpha value is -0.0800. The molecule has 0 spiro atoms. The highest BCUT2D eigenvalue weighted by molar-refractivity contribution is 4.78. The van der Waals surface area contributed by atoms with Crippen LogP contribution in [-0.2, 0) is 0 Å². The van der Waals surface area contributed by atoms with E-state index in [0.29, 0.717) is 6.04 Å². The van der Waals surface area contributed by atoms with E-state index in [2.05, 4.69) is 0 Å². The lowest BCUT2D eigenvalue weighted by Gasteiger charge is -2.07. The summed E-state index contributed by atoms with van der Waals surface area (Å²) in [6.45, 7) is 2.73. The molecule has 0 amide bonds. The molecule has 0 saturated heterocycles. The lowest BCUT2D eigenvalue weighted by molar-refractivity contribution is -0.0946. The first-order chi connectivity index (χ1) is 3.34. The van der Waals surface area contributed by atoms with Crippen molar-refractivity contribution in [2.75, 3.05) is 6.54 Å². The van der Waals surface area contributed by atoms with E-state index in [9.17, 15) is 0 Å². The zero-order valence-electron chi connectivity index (χ0n) is 4.59. The zero-order valence-corrected chi connectivity index (χ0v) is 4.59. The number of hydroxylamine groups is 2. The van der Waals surface area contributed by atoms with Crippen molar-refractivity contribution in [3.8, 4) is 0 Å². The van der Waals surface area contributed by atoms with Crippen LogP contribution in [0.1, 0.15) is 19.8 Å². The Morgan fingerprint density at radius 1 is 1.71 bits per heavy atom. The molecule has 42 valence electrons. The summed E-state index contributed by atoms with van der Waals surface area (Å²) in [6, 6.07) is 0.505. The third kappa shape index (κ3) is 1.14. The summed E-state index contributed by atoms with van der Waals surface area (Å²) in [5.74, 6) is 0. The predicted molar refractivity (Wildman–Crippen MR) is 27.2 cm³/mol. The van der Waals surface area contributed by atoms with E-state index < -0.39 is 0 Å². The first-order valence-corrected chi connectivity index (χ1v) is 2.80. The molecule has 7 heavy (non-hydrogen) atoms. The van der Waals surface area contributed by atoms with E-state index in [1.807, 2.05) is 6.92 Å². The van der Waals surface area contributed by atoms with E-state index in [4.69, 9.17) is 5.21 Å². The molecule has 1 rings (SSSR count). The van der Waals surface area contributed by atoms with Crippen LogP contribution in [0.5, 0.6) is 0 Å². The first kappa shape index (κ1) is 5.06. The SMILES string of the molecule is CCN(O)C1CC1. The van der Waals surface area contributed by atoms with Gasteiger partial charge in [-0.3, -0.25) is 0 Å². The molecule has 0 aromatic carbocycles. The first-order valence-electron chi connectivity index (χ1n) is 2.80. The second-order valence-electron chi connectivity index (χ2n) is 1.99. The second-order valence-corrected chi connectivity index (χ2v) is 1.99. The van der Waals surface area contributed by atoms with Crippen LogP contribution >= 0.6 is 0 Å². The fraction of sp³-hybridized carbons (Fsp3) is 1.00. The maximum Gasteiger partial charge on any atom is 0.0351 e. The van der Waals surface area contributed by atoms with Gasteiger partial charge in [0.05, 0.1) is 0 Å². The third-order valence-corrected chi connectivity index (χ3v) is 1.29. The van der Waals surface area contributed by atoms with Gasteiger partial charge in [0.2, 0.25) is 0 Å². The lowest BCUT2D eigenvalue weighted by atomic mass is 10.6. The summed E-state index contributed by atoms with van der Waals surface area (Å²) in [7, 11) is 0. The Morgan fingerprint density at radius 3 is 2.43 bits per heavy atom. The van der Waals surface area contributed by atoms with Crippen molar-refractivity contribution in [2.24, 2.45) is 0 Å². The predicted octanol–water partition coefficient (Wildman–Crippen LogP) is 0.860. The molecule has 0 bridgehead atoms. The minimum absolute atomic E-state index is 0.505. The normalized spacial score (nSPS) is 21.0. The summed E-state index contributed by atoms with van der Waals surface area (Å²) >= 11 is 0. The standard InChI is InChI=1S/C5H11NO/c1-2-6(7)5-3-4-5/h5,7H,2-4H2,1H3. The molecule has 1 fully saturated rings. The fourth-order valence-corrected chi connectivity index (χ4v) is 0.631. The quantitative estimate of drug-likeness (QED) is 0.521. The average molecular weight is 101 g/mol. The molecule has 0 heterocycles. The van der Waals surface area contributed by atoms with Crippen molar-refractivity contribution in [3.63, 3.8) is 0 Å². The van der Waals surface area contributed by atoms with Crippen LogP contribution in [0.3, 0.4) is 0 Å². The molecule has 1 aliphatic rings. The largest absolute Gasteiger partial charge is 0.314 e. The maximum absolute atomic E-state index is 8.83. The molecule has 1 saturated carbocycles. The monoisotopic (exact) mass is 101 g/mol. The van der Waals surface area contributed by atoms with Crippen molar-refractivity contribution in [2.45, 2.75) is 25.8 Å². The van der Waals surface area contributed by atoms with Gasteiger partial charge in [-0.1, -0.05) is 6.92 Å². The fourth-order valence-electron chi connectivity index (χ4n) is 0.631. The Balaban J connectivity index is 2.10. The third-order valence-electron chi connectivity index (χ3n) is 1.29. The van der Waals surface area contributed by atoms with Crippen molar-refractivity contribution >= 4 is 0 Å². The molecule has 0 atom stereocenters. The topological polar surface area (TPSA) is 23.5 Å². The zero-order chi connectivity index (χ0) is 5.28. The van der Waals surface area contributed by atoms with Crippen LogP contribution < -0.4 is 0 Å². The van der Waals surface area contributed by atoms with Crippen LogP contribution in [0.25, 0.3) is 0 Å². The van der Waals surface area contributed by atoms with Crippen LogP contribution in [0.4, 0.5) is 0 Å². The Labute approximate surface area is 43.7 Å².